The number of nitrogens with two attached hydrogens (primary N) is 1. The summed E-state index contributed by atoms with van der Waals surface area (Å²) in [5, 5.41) is 4.06. The van der Waals surface area contributed by atoms with Crippen molar-refractivity contribution in [3.63, 3.8) is 0 Å². The monoisotopic (exact) mass is 266 g/mol. The van der Waals surface area contributed by atoms with Crippen molar-refractivity contribution < 1.29 is 4.79 Å². The molecule has 1 aliphatic carbocycles. The van der Waals surface area contributed by atoms with Gasteiger partial charge in [-0.1, -0.05) is 31.5 Å². The molecule has 0 aliphatic heterocycles. The third-order valence-electron chi connectivity index (χ3n) is 3.53. The van der Waals surface area contributed by atoms with Crippen molar-refractivity contribution in [2.24, 2.45) is 11.7 Å². The summed E-state index contributed by atoms with van der Waals surface area (Å²) < 4.78 is 0. The van der Waals surface area contributed by atoms with Gasteiger partial charge in [0, 0.05) is 5.02 Å². The lowest BCUT2D eigenvalue weighted by Gasteiger charge is -2.29. The quantitative estimate of drug-likeness (QED) is 0.878. The van der Waals surface area contributed by atoms with Crippen LogP contribution in [0.15, 0.2) is 18.2 Å². The van der Waals surface area contributed by atoms with Gasteiger partial charge >= 0.3 is 0 Å². The number of carbonyl (C=O) groups is 1. The Morgan fingerprint density at radius 1 is 1.56 bits per heavy atom. The topological polar surface area (TPSA) is 55.1 Å². The van der Waals surface area contributed by atoms with Crippen molar-refractivity contribution in [3.05, 3.63) is 34.3 Å². The van der Waals surface area contributed by atoms with Gasteiger partial charge in [-0.2, -0.15) is 0 Å². The first-order chi connectivity index (χ1) is 8.45. The molecule has 0 heterocycles. The van der Waals surface area contributed by atoms with E-state index in [-0.39, 0.29) is 5.91 Å². The second-order valence-corrected chi connectivity index (χ2v) is 5.78. The predicted octanol–water partition coefficient (Wildman–Crippen LogP) is 2.21. The summed E-state index contributed by atoms with van der Waals surface area (Å²) >= 11 is 5.99. The van der Waals surface area contributed by atoms with Crippen LogP contribution in [-0.4, -0.2) is 12.5 Å². The molecular weight excluding hydrogens is 248 g/mol. The first-order valence-electron chi connectivity index (χ1n) is 6.29. The molecule has 0 saturated heterocycles. The normalized spacial score (nSPS) is 22.2. The highest BCUT2D eigenvalue weighted by molar-refractivity contribution is 6.30. The molecule has 4 heteroatoms. The summed E-state index contributed by atoms with van der Waals surface area (Å²) in [6.07, 6.45) is 1.55. The van der Waals surface area contributed by atoms with E-state index < -0.39 is 5.54 Å². The number of primary amides is 1. The average Bonchev–Trinajstić information content (AvgIpc) is 2.65. The van der Waals surface area contributed by atoms with E-state index >= 15 is 0 Å². The fourth-order valence-corrected chi connectivity index (χ4v) is 2.74. The van der Waals surface area contributed by atoms with Crippen LogP contribution in [0.5, 0.6) is 0 Å². The van der Waals surface area contributed by atoms with E-state index in [1.54, 1.807) is 0 Å². The van der Waals surface area contributed by atoms with Gasteiger partial charge in [0.15, 0.2) is 0 Å². The zero-order valence-corrected chi connectivity index (χ0v) is 11.6. The maximum atomic E-state index is 11.9. The highest BCUT2D eigenvalue weighted by Gasteiger charge is 2.43. The van der Waals surface area contributed by atoms with Crippen LogP contribution in [0.2, 0.25) is 5.02 Å². The number of hydrogen-bond donors (Lipinski definition) is 2. The van der Waals surface area contributed by atoms with Crippen LogP contribution >= 0.6 is 11.6 Å². The predicted molar refractivity (Wildman–Crippen MR) is 73.5 cm³/mol. The summed E-state index contributed by atoms with van der Waals surface area (Å²) in [4.78, 5) is 11.9. The number of aryl methyl sites for hydroxylation is 1. The maximum absolute atomic E-state index is 11.9. The smallest absolute Gasteiger partial charge is 0.242 e. The van der Waals surface area contributed by atoms with Crippen LogP contribution in [0, 0.1) is 5.92 Å². The molecule has 0 radical (unpaired) electrons. The Kier molecular flexibility index (Phi) is 3.64. The Bertz CT molecular complexity index is 473. The van der Waals surface area contributed by atoms with E-state index in [2.05, 4.69) is 19.2 Å². The minimum absolute atomic E-state index is 0.302. The Balaban J connectivity index is 2.37. The van der Waals surface area contributed by atoms with Crippen LogP contribution in [0.25, 0.3) is 0 Å². The van der Waals surface area contributed by atoms with Crippen LogP contribution in [0.1, 0.15) is 31.4 Å². The number of amides is 1. The largest absolute Gasteiger partial charge is 0.368 e. The number of nitrogens with one attached hydrogen (secondary N) is 1. The summed E-state index contributed by atoms with van der Waals surface area (Å²) in [5.41, 5.74) is 7.03. The summed E-state index contributed by atoms with van der Waals surface area (Å²) in [6.45, 7) is 4.99. The van der Waals surface area contributed by atoms with Crippen molar-refractivity contribution >= 4 is 17.5 Å². The lowest BCUT2D eigenvalue weighted by molar-refractivity contribution is -0.124. The van der Waals surface area contributed by atoms with Crippen molar-refractivity contribution in [2.75, 3.05) is 6.54 Å². The molecule has 1 aromatic carbocycles. The van der Waals surface area contributed by atoms with E-state index in [4.69, 9.17) is 17.3 Å². The molecule has 3 N–H and O–H groups in total. The Morgan fingerprint density at radius 3 is 2.89 bits per heavy atom. The molecule has 18 heavy (non-hydrogen) atoms. The van der Waals surface area contributed by atoms with Gasteiger partial charge in [-0.3, -0.25) is 10.1 Å². The van der Waals surface area contributed by atoms with Crippen molar-refractivity contribution in [1.29, 1.82) is 0 Å². The van der Waals surface area contributed by atoms with Gasteiger partial charge in [0.25, 0.3) is 0 Å². The first-order valence-corrected chi connectivity index (χ1v) is 6.67. The molecule has 1 atom stereocenters. The van der Waals surface area contributed by atoms with Crippen molar-refractivity contribution in [2.45, 2.75) is 32.2 Å². The van der Waals surface area contributed by atoms with E-state index in [0.29, 0.717) is 17.4 Å². The number of rotatable bonds is 4. The van der Waals surface area contributed by atoms with E-state index in [1.165, 1.54) is 0 Å². The third kappa shape index (κ3) is 2.25. The van der Waals surface area contributed by atoms with E-state index in [1.807, 2.05) is 18.2 Å². The second-order valence-electron chi connectivity index (χ2n) is 5.35. The molecule has 1 aromatic rings. The Hall–Kier alpha value is -1.06. The minimum atomic E-state index is -0.718. The van der Waals surface area contributed by atoms with Gasteiger partial charge < -0.3 is 5.73 Å². The Morgan fingerprint density at radius 2 is 2.28 bits per heavy atom. The fraction of sp³-hybridized carbons (Fsp3) is 0.500. The summed E-state index contributed by atoms with van der Waals surface area (Å²) in [7, 11) is 0. The van der Waals surface area contributed by atoms with Crippen LogP contribution in [0.3, 0.4) is 0 Å². The van der Waals surface area contributed by atoms with Gasteiger partial charge in [-0.25, -0.2) is 0 Å². The molecule has 0 fully saturated rings. The molecule has 1 unspecified atom stereocenters. The highest BCUT2D eigenvalue weighted by atomic mass is 35.5. The highest BCUT2D eigenvalue weighted by Crippen LogP contribution is 2.38. The lowest BCUT2D eigenvalue weighted by atomic mass is 9.90. The van der Waals surface area contributed by atoms with Gasteiger partial charge in [0.1, 0.15) is 5.54 Å². The molecule has 0 saturated carbocycles. The number of halogens is 1. The van der Waals surface area contributed by atoms with Gasteiger partial charge in [0.05, 0.1) is 0 Å². The average molecular weight is 267 g/mol. The van der Waals surface area contributed by atoms with Gasteiger partial charge in [-0.15, -0.1) is 0 Å². The van der Waals surface area contributed by atoms with Crippen LogP contribution < -0.4 is 11.1 Å². The van der Waals surface area contributed by atoms with Crippen LogP contribution in [0.4, 0.5) is 0 Å². The zero-order chi connectivity index (χ0) is 13.3. The zero-order valence-electron chi connectivity index (χ0n) is 10.8. The molecule has 1 aliphatic rings. The number of carbonyl (C=O) groups excluding carboxylic acids is 1. The molecule has 1 amide bonds. The van der Waals surface area contributed by atoms with Crippen LogP contribution in [-0.2, 0) is 16.8 Å². The fourth-order valence-electron chi connectivity index (χ4n) is 2.55. The third-order valence-corrected chi connectivity index (χ3v) is 3.76. The molecule has 3 nitrogen and oxygen atoms in total. The maximum Gasteiger partial charge on any atom is 0.242 e. The van der Waals surface area contributed by atoms with Crippen molar-refractivity contribution in [3.8, 4) is 0 Å². The molecule has 2 rings (SSSR count). The number of hydrogen-bond acceptors (Lipinski definition) is 2. The van der Waals surface area contributed by atoms with Gasteiger partial charge in [0.2, 0.25) is 5.91 Å². The molecule has 0 bridgehead atoms. The van der Waals surface area contributed by atoms with E-state index in [9.17, 15) is 4.79 Å². The molecule has 0 aromatic heterocycles. The van der Waals surface area contributed by atoms with Gasteiger partial charge in [-0.05, 0) is 48.6 Å². The Labute approximate surface area is 113 Å². The minimum Gasteiger partial charge on any atom is -0.368 e. The summed E-state index contributed by atoms with van der Waals surface area (Å²) in [5.74, 6) is 0.168. The number of fused-ring (bicyclic) bond motifs is 1. The molecule has 98 valence electrons. The molecule has 0 spiro atoms. The summed E-state index contributed by atoms with van der Waals surface area (Å²) in [6, 6.07) is 5.67. The molecular formula is C14H19ClN2O. The SMILES string of the molecule is CC(C)CNC1(C(N)=O)CCc2cc(Cl)ccc21. The van der Waals surface area contributed by atoms with Crippen molar-refractivity contribution in [1.82, 2.24) is 5.32 Å². The van der Waals surface area contributed by atoms with E-state index in [0.717, 1.165) is 24.1 Å². The number of benzene rings is 1. The first kappa shape index (κ1) is 13.4. The second kappa shape index (κ2) is 4.90. The standard InChI is InChI=1S/C14H19ClN2O/c1-9(2)8-17-14(13(16)18)6-5-10-7-11(15)3-4-12(10)14/h3-4,7,9,17H,5-6,8H2,1-2H3,(H2,16,18). The lowest BCUT2D eigenvalue weighted by Crippen LogP contribution is -2.52.